The maximum absolute atomic E-state index is 12.6. The van der Waals surface area contributed by atoms with Crippen LogP contribution in [0.2, 0.25) is 0 Å². The Balaban J connectivity index is 2.11. The molecule has 1 aliphatic rings. The molecule has 0 unspecified atom stereocenters. The van der Waals surface area contributed by atoms with Gasteiger partial charge in [0.25, 0.3) is 5.91 Å². The number of hydrogen-bond acceptors (Lipinski definition) is 4. The van der Waals surface area contributed by atoms with E-state index >= 15 is 0 Å². The van der Waals surface area contributed by atoms with Gasteiger partial charge in [0, 0.05) is 32.6 Å². The van der Waals surface area contributed by atoms with E-state index in [1.807, 2.05) is 6.92 Å². The molecule has 130 valence electrons. The molecule has 1 heterocycles. The first-order chi connectivity index (χ1) is 11.5. The molecule has 0 spiro atoms. The van der Waals surface area contributed by atoms with Crippen molar-refractivity contribution in [1.82, 2.24) is 15.5 Å². The first-order valence-corrected chi connectivity index (χ1v) is 7.97. The molecule has 3 amide bonds. The van der Waals surface area contributed by atoms with E-state index in [4.69, 9.17) is 4.74 Å². The van der Waals surface area contributed by atoms with Crippen molar-refractivity contribution in [2.75, 3.05) is 26.7 Å². The van der Waals surface area contributed by atoms with Crippen LogP contribution in [0.5, 0.6) is 5.75 Å². The zero-order valence-corrected chi connectivity index (χ0v) is 14.2. The van der Waals surface area contributed by atoms with Crippen LogP contribution in [0.4, 0.5) is 0 Å². The lowest BCUT2D eigenvalue weighted by molar-refractivity contribution is -0.125. The lowest BCUT2D eigenvalue weighted by atomic mass is 10.0. The normalized spacial score (nSPS) is 19.7. The summed E-state index contributed by atoms with van der Waals surface area (Å²) >= 11 is 0. The summed E-state index contributed by atoms with van der Waals surface area (Å²) in [6.45, 7) is 4.44. The van der Waals surface area contributed by atoms with Crippen molar-refractivity contribution >= 4 is 17.7 Å². The quantitative estimate of drug-likeness (QED) is 0.817. The average molecular weight is 333 g/mol. The van der Waals surface area contributed by atoms with Gasteiger partial charge >= 0.3 is 0 Å². The number of ether oxygens (including phenoxy) is 1. The van der Waals surface area contributed by atoms with E-state index in [-0.39, 0.29) is 30.3 Å². The van der Waals surface area contributed by atoms with E-state index < -0.39 is 5.92 Å². The lowest BCUT2D eigenvalue weighted by Gasteiger charge is -2.17. The molecule has 0 aliphatic carbocycles. The number of nitrogens with one attached hydrogen (secondary N) is 2. The van der Waals surface area contributed by atoms with Gasteiger partial charge in [0.15, 0.2) is 0 Å². The Hall–Kier alpha value is -2.57. The molecular weight excluding hydrogens is 310 g/mol. The van der Waals surface area contributed by atoms with E-state index in [1.165, 1.54) is 6.92 Å². The number of benzene rings is 1. The van der Waals surface area contributed by atoms with Crippen LogP contribution in [0.25, 0.3) is 0 Å². The van der Waals surface area contributed by atoms with Crippen LogP contribution in [0, 0.1) is 5.92 Å². The number of rotatable bonds is 5. The number of amides is 3. The van der Waals surface area contributed by atoms with E-state index in [9.17, 15) is 14.4 Å². The number of nitrogens with zero attached hydrogens (tertiary/aromatic N) is 1. The maximum Gasteiger partial charge on any atom is 0.253 e. The van der Waals surface area contributed by atoms with Crippen molar-refractivity contribution in [3.8, 4) is 5.75 Å². The third kappa shape index (κ3) is 4.04. The second-order valence-electron chi connectivity index (χ2n) is 5.70. The molecule has 1 aromatic rings. The largest absolute Gasteiger partial charge is 0.494 e. The predicted molar refractivity (Wildman–Crippen MR) is 88.7 cm³/mol. The molecule has 0 bridgehead atoms. The summed E-state index contributed by atoms with van der Waals surface area (Å²) in [6, 6.07) is 6.51. The van der Waals surface area contributed by atoms with E-state index in [0.29, 0.717) is 24.5 Å². The topological polar surface area (TPSA) is 87.7 Å². The summed E-state index contributed by atoms with van der Waals surface area (Å²) in [5.74, 6) is -0.319. The highest BCUT2D eigenvalue weighted by molar-refractivity contribution is 5.95. The molecule has 1 aliphatic heterocycles. The molecule has 2 N–H and O–H groups in total. The van der Waals surface area contributed by atoms with Crippen LogP contribution in [0.3, 0.4) is 0 Å². The Bertz CT molecular complexity index is 615. The minimum absolute atomic E-state index is 0.167. The minimum atomic E-state index is -0.453. The van der Waals surface area contributed by atoms with Crippen molar-refractivity contribution in [2.45, 2.75) is 19.9 Å². The first-order valence-electron chi connectivity index (χ1n) is 7.97. The highest BCUT2D eigenvalue weighted by atomic mass is 16.5. The van der Waals surface area contributed by atoms with Crippen molar-refractivity contribution in [3.63, 3.8) is 0 Å². The van der Waals surface area contributed by atoms with E-state index in [0.717, 1.165) is 0 Å². The molecule has 0 saturated carbocycles. The molecule has 1 saturated heterocycles. The highest BCUT2D eigenvalue weighted by Crippen LogP contribution is 2.21. The van der Waals surface area contributed by atoms with Gasteiger partial charge in [-0.3, -0.25) is 14.4 Å². The Morgan fingerprint density at radius 2 is 1.88 bits per heavy atom. The third-order valence-corrected chi connectivity index (χ3v) is 3.99. The molecule has 24 heavy (non-hydrogen) atoms. The van der Waals surface area contributed by atoms with Gasteiger partial charge in [-0.25, -0.2) is 0 Å². The summed E-state index contributed by atoms with van der Waals surface area (Å²) in [4.78, 5) is 37.6. The van der Waals surface area contributed by atoms with Crippen molar-refractivity contribution in [1.29, 1.82) is 0 Å². The van der Waals surface area contributed by atoms with Crippen LogP contribution >= 0.6 is 0 Å². The molecule has 2 rings (SSSR count). The molecule has 0 radical (unpaired) electrons. The van der Waals surface area contributed by atoms with Gasteiger partial charge in [0.2, 0.25) is 11.8 Å². The molecule has 1 aromatic carbocycles. The molecule has 1 fully saturated rings. The van der Waals surface area contributed by atoms with Gasteiger partial charge in [-0.15, -0.1) is 0 Å². The minimum Gasteiger partial charge on any atom is -0.494 e. The zero-order valence-electron chi connectivity index (χ0n) is 14.2. The van der Waals surface area contributed by atoms with Crippen molar-refractivity contribution in [2.24, 2.45) is 5.92 Å². The van der Waals surface area contributed by atoms with Crippen LogP contribution in [0.1, 0.15) is 24.2 Å². The third-order valence-electron chi connectivity index (χ3n) is 3.99. The SMILES string of the molecule is CCOc1ccc(C(=O)N2C[C@H](NC(C)=O)[C@@H](C(=O)NC)C2)cc1. The monoisotopic (exact) mass is 333 g/mol. The number of hydrogen-bond donors (Lipinski definition) is 2. The zero-order chi connectivity index (χ0) is 17.7. The fraction of sp³-hybridized carbons (Fsp3) is 0.471. The number of carbonyl (C=O) groups excluding carboxylic acids is 3. The lowest BCUT2D eigenvalue weighted by Crippen LogP contribution is -2.44. The number of likely N-dealkylation sites (tertiary alicyclic amines) is 1. The van der Waals surface area contributed by atoms with Gasteiger partial charge in [-0.05, 0) is 31.2 Å². The van der Waals surface area contributed by atoms with E-state index in [2.05, 4.69) is 10.6 Å². The van der Waals surface area contributed by atoms with Crippen molar-refractivity contribution in [3.05, 3.63) is 29.8 Å². The summed E-state index contributed by atoms with van der Waals surface area (Å²) in [5.41, 5.74) is 0.526. The van der Waals surface area contributed by atoms with Crippen LogP contribution < -0.4 is 15.4 Å². The summed E-state index contributed by atoms with van der Waals surface area (Å²) in [5, 5.41) is 5.34. The summed E-state index contributed by atoms with van der Waals surface area (Å²) < 4.78 is 5.36. The second-order valence-corrected chi connectivity index (χ2v) is 5.70. The smallest absolute Gasteiger partial charge is 0.253 e. The van der Waals surface area contributed by atoms with Gasteiger partial charge in [-0.2, -0.15) is 0 Å². The molecule has 2 atom stereocenters. The Labute approximate surface area is 141 Å². The fourth-order valence-corrected chi connectivity index (χ4v) is 2.87. The standard InChI is InChI=1S/C17H23N3O4/c1-4-24-13-7-5-12(6-8-13)17(23)20-9-14(16(22)18-3)15(10-20)19-11(2)21/h5-8,14-15H,4,9-10H2,1-3H3,(H,18,22)(H,19,21)/t14-,15-/m0/s1. The molecular formula is C17H23N3O4. The summed E-state index contributed by atoms with van der Waals surface area (Å²) in [6.07, 6.45) is 0. The van der Waals surface area contributed by atoms with E-state index in [1.54, 1.807) is 36.2 Å². The number of carbonyl (C=O) groups is 3. The Morgan fingerprint density at radius 3 is 2.42 bits per heavy atom. The van der Waals surface area contributed by atoms with Gasteiger partial charge < -0.3 is 20.3 Å². The van der Waals surface area contributed by atoms with Crippen molar-refractivity contribution < 1.29 is 19.1 Å². The highest BCUT2D eigenvalue weighted by Gasteiger charge is 2.39. The first kappa shape index (κ1) is 17.8. The Kier molecular flexibility index (Phi) is 5.78. The van der Waals surface area contributed by atoms with Crippen LogP contribution in [-0.4, -0.2) is 55.4 Å². The maximum atomic E-state index is 12.6. The van der Waals surface area contributed by atoms with Gasteiger partial charge in [0.1, 0.15) is 5.75 Å². The van der Waals surface area contributed by atoms with Crippen LogP contribution in [0.15, 0.2) is 24.3 Å². The molecule has 7 nitrogen and oxygen atoms in total. The molecule has 0 aromatic heterocycles. The average Bonchev–Trinajstić information content (AvgIpc) is 2.97. The molecule has 7 heteroatoms. The second kappa shape index (κ2) is 7.81. The Morgan fingerprint density at radius 1 is 1.21 bits per heavy atom. The van der Waals surface area contributed by atoms with Gasteiger partial charge in [-0.1, -0.05) is 0 Å². The fourth-order valence-electron chi connectivity index (χ4n) is 2.87. The predicted octanol–water partition coefficient (Wildman–Crippen LogP) is 0.408. The summed E-state index contributed by atoms with van der Waals surface area (Å²) in [7, 11) is 1.55. The van der Waals surface area contributed by atoms with Crippen LogP contribution in [-0.2, 0) is 9.59 Å². The van der Waals surface area contributed by atoms with Gasteiger partial charge in [0.05, 0.1) is 18.6 Å².